The third kappa shape index (κ3) is 3.41. The van der Waals surface area contributed by atoms with Crippen LogP contribution in [0.15, 0.2) is 36.4 Å². The highest BCUT2D eigenvalue weighted by Gasteiger charge is 2.49. The molecule has 1 unspecified atom stereocenters. The molecule has 2 aromatic carbocycles. The Hall–Kier alpha value is -1.47. The van der Waals surface area contributed by atoms with E-state index in [1.807, 2.05) is 0 Å². The van der Waals surface area contributed by atoms with Gasteiger partial charge in [0.1, 0.15) is 5.75 Å². The number of rotatable bonds is 3. The third-order valence-corrected chi connectivity index (χ3v) is 4.59. The number of hydrogen-bond acceptors (Lipinski definition) is 3. The molecule has 2 rings (SSSR count). The van der Waals surface area contributed by atoms with E-state index >= 15 is 0 Å². The predicted octanol–water partition coefficient (Wildman–Crippen LogP) is 4.02. The molecule has 0 saturated carbocycles. The minimum absolute atomic E-state index is 0.421. The second-order valence-electron chi connectivity index (χ2n) is 4.37. The first-order valence-electron chi connectivity index (χ1n) is 5.71. The summed E-state index contributed by atoms with van der Waals surface area (Å²) in [5.41, 5.74) is -0.421. The van der Waals surface area contributed by atoms with Crippen LogP contribution in [0.1, 0.15) is 10.8 Å². The van der Waals surface area contributed by atoms with E-state index in [4.69, 9.17) is 15.4 Å². The van der Waals surface area contributed by atoms with Crippen molar-refractivity contribution in [2.75, 3.05) is 7.11 Å². The Morgan fingerprint density at radius 2 is 1.67 bits per heavy atom. The second kappa shape index (κ2) is 5.38. The first kappa shape index (κ1) is 15.9. The lowest BCUT2D eigenvalue weighted by atomic mass is 10.0. The molecule has 1 atom stereocenters. The third-order valence-electron chi connectivity index (χ3n) is 2.95. The van der Waals surface area contributed by atoms with E-state index in [1.165, 1.54) is 13.2 Å². The van der Waals surface area contributed by atoms with Gasteiger partial charge in [-0.2, -0.15) is 13.2 Å². The van der Waals surface area contributed by atoms with Crippen molar-refractivity contribution in [1.29, 1.82) is 0 Å². The number of fused-ring (bicyclic) bond motifs is 1. The van der Waals surface area contributed by atoms with E-state index in [2.05, 4.69) is 0 Å². The molecular formula is C13H10ClF3O3S. The zero-order valence-electron chi connectivity index (χ0n) is 10.7. The molecule has 0 aromatic heterocycles. The van der Waals surface area contributed by atoms with Gasteiger partial charge < -0.3 is 4.74 Å². The largest absolute Gasteiger partial charge is 0.497 e. The van der Waals surface area contributed by atoms with Crippen LogP contribution in [0.4, 0.5) is 13.2 Å². The quantitative estimate of drug-likeness (QED) is 0.794. The van der Waals surface area contributed by atoms with E-state index in [0.29, 0.717) is 16.5 Å². The molecule has 0 amide bonds. The molecule has 0 N–H and O–H groups in total. The predicted molar refractivity (Wildman–Crippen MR) is 74.1 cm³/mol. The summed E-state index contributed by atoms with van der Waals surface area (Å²) in [5, 5.41) is -1.66. The Kier molecular flexibility index (Phi) is 4.08. The summed E-state index contributed by atoms with van der Waals surface area (Å²) in [6.45, 7) is 0. The molecule has 0 heterocycles. The Balaban J connectivity index is 2.60. The van der Waals surface area contributed by atoms with Crippen LogP contribution in [0.2, 0.25) is 0 Å². The van der Waals surface area contributed by atoms with Gasteiger partial charge in [0.15, 0.2) is 5.25 Å². The Bertz CT molecular complexity index is 772. The second-order valence-corrected chi connectivity index (χ2v) is 7.08. The average Bonchev–Trinajstić information content (AvgIpc) is 2.34. The Morgan fingerprint density at radius 3 is 2.19 bits per heavy atom. The Labute approximate surface area is 123 Å². The van der Waals surface area contributed by atoms with Gasteiger partial charge >= 0.3 is 6.18 Å². The summed E-state index contributed by atoms with van der Waals surface area (Å²) in [6, 6.07) is 8.41. The van der Waals surface area contributed by atoms with Crippen LogP contribution in [0.5, 0.6) is 5.75 Å². The van der Waals surface area contributed by atoms with Crippen molar-refractivity contribution in [2.45, 2.75) is 11.4 Å². The summed E-state index contributed by atoms with van der Waals surface area (Å²) in [5.74, 6) is 0.549. The topological polar surface area (TPSA) is 43.4 Å². The first-order chi connectivity index (χ1) is 9.63. The lowest BCUT2D eigenvalue weighted by Crippen LogP contribution is -2.25. The van der Waals surface area contributed by atoms with Crippen LogP contribution in [-0.2, 0) is 9.05 Å². The normalized spacial score (nSPS) is 14.1. The van der Waals surface area contributed by atoms with Crippen molar-refractivity contribution in [2.24, 2.45) is 0 Å². The molecule has 2 aromatic rings. The van der Waals surface area contributed by atoms with Crippen molar-refractivity contribution >= 4 is 30.5 Å². The van der Waals surface area contributed by atoms with Gasteiger partial charge in [0, 0.05) is 10.7 Å². The van der Waals surface area contributed by atoms with Crippen molar-refractivity contribution in [3.8, 4) is 5.75 Å². The average molecular weight is 339 g/mol. The van der Waals surface area contributed by atoms with Crippen LogP contribution < -0.4 is 4.74 Å². The van der Waals surface area contributed by atoms with Crippen LogP contribution >= 0.6 is 10.7 Å². The summed E-state index contributed by atoms with van der Waals surface area (Å²) in [4.78, 5) is 0. The molecule has 0 saturated heterocycles. The molecule has 8 heteroatoms. The van der Waals surface area contributed by atoms with Crippen molar-refractivity contribution in [3.63, 3.8) is 0 Å². The standard InChI is InChI=1S/C13H10ClF3O3S/c1-20-11-5-4-8-6-10(3-2-9(8)7-11)12(13(15,16)17)21(14,18)19/h2-7,12H,1H3. The molecule has 0 aliphatic heterocycles. The maximum absolute atomic E-state index is 12.9. The number of ether oxygens (including phenoxy) is 1. The highest BCUT2D eigenvalue weighted by Crippen LogP contribution is 2.41. The van der Waals surface area contributed by atoms with Gasteiger partial charge in [-0.25, -0.2) is 8.42 Å². The zero-order valence-corrected chi connectivity index (χ0v) is 12.3. The van der Waals surface area contributed by atoms with Gasteiger partial charge in [0.2, 0.25) is 9.05 Å². The van der Waals surface area contributed by atoms with E-state index in [-0.39, 0.29) is 0 Å². The first-order valence-corrected chi connectivity index (χ1v) is 8.08. The molecule has 21 heavy (non-hydrogen) atoms. The number of hydrogen-bond donors (Lipinski definition) is 0. The van der Waals surface area contributed by atoms with E-state index in [9.17, 15) is 21.6 Å². The lowest BCUT2D eigenvalue weighted by Gasteiger charge is -2.18. The fourth-order valence-electron chi connectivity index (χ4n) is 2.04. The van der Waals surface area contributed by atoms with Gasteiger partial charge in [-0.05, 0) is 34.5 Å². The Morgan fingerprint density at radius 1 is 1.10 bits per heavy atom. The minimum atomic E-state index is -4.99. The van der Waals surface area contributed by atoms with Crippen LogP contribution in [-0.4, -0.2) is 21.7 Å². The molecule has 0 aliphatic rings. The van der Waals surface area contributed by atoms with Gasteiger partial charge in [-0.15, -0.1) is 0 Å². The van der Waals surface area contributed by atoms with E-state index < -0.39 is 26.0 Å². The lowest BCUT2D eigenvalue weighted by molar-refractivity contribution is -0.131. The SMILES string of the molecule is COc1ccc2cc(C(C(F)(F)F)S(=O)(=O)Cl)ccc2c1. The highest BCUT2D eigenvalue weighted by molar-refractivity contribution is 8.14. The van der Waals surface area contributed by atoms with Crippen molar-refractivity contribution < 1.29 is 26.3 Å². The van der Waals surface area contributed by atoms with Gasteiger partial charge in [-0.1, -0.05) is 18.2 Å². The molecule has 0 fully saturated rings. The molecule has 0 aliphatic carbocycles. The summed E-state index contributed by atoms with van der Waals surface area (Å²) in [7, 11) is 1.58. The smallest absolute Gasteiger partial charge is 0.410 e. The number of halogens is 4. The van der Waals surface area contributed by atoms with Crippen LogP contribution in [0.25, 0.3) is 10.8 Å². The van der Waals surface area contributed by atoms with Gasteiger partial charge in [-0.3, -0.25) is 0 Å². The van der Waals surface area contributed by atoms with Gasteiger partial charge in [0.25, 0.3) is 0 Å². The zero-order chi connectivity index (χ0) is 15.8. The fraction of sp³-hybridized carbons (Fsp3) is 0.231. The molecule has 3 nitrogen and oxygen atoms in total. The molecule has 0 bridgehead atoms. The van der Waals surface area contributed by atoms with E-state index in [1.54, 1.807) is 18.2 Å². The van der Waals surface area contributed by atoms with Gasteiger partial charge in [0.05, 0.1) is 7.11 Å². The fourth-order valence-corrected chi connectivity index (χ4v) is 3.45. The maximum atomic E-state index is 12.9. The minimum Gasteiger partial charge on any atom is -0.497 e. The van der Waals surface area contributed by atoms with Crippen molar-refractivity contribution in [1.82, 2.24) is 0 Å². The van der Waals surface area contributed by atoms with Crippen molar-refractivity contribution in [3.05, 3.63) is 42.0 Å². The molecule has 0 spiro atoms. The van der Waals surface area contributed by atoms with E-state index in [0.717, 1.165) is 12.1 Å². The highest BCUT2D eigenvalue weighted by atomic mass is 35.7. The van der Waals surface area contributed by atoms with Crippen LogP contribution in [0.3, 0.4) is 0 Å². The maximum Gasteiger partial charge on any atom is 0.410 e. The summed E-state index contributed by atoms with van der Waals surface area (Å²) >= 11 is 0. The molecule has 0 radical (unpaired) electrons. The summed E-state index contributed by atoms with van der Waals surface area (Å²) in [6.07, 6.45) is -4.99. The molecule has 114 valence electrons. The summed E-state index contributed by atoms with van der Waals surface area (Å²) < 4.78 is 66.3. The molecular weight excluding hydrogens is 329 g/mol. The monoisotopic (exact) mass is 338 g/mol. The number of methoxy groups -OCH3 is 1. The number of alkyl halides is 3. The van der Waals surface area contributed by atoms with Crippen LogP contribution in [0, 0.1) is 0 Å². The number of benzene rings is 2.